The Balaban J connectivity index is 1.67. The van der Waals surface area contributed by atoms with Crippen LogP contribution in [0.25, 0.3) is 0 Å². The maximum Gasteiger partial charge on any atom is 0.241 e. The maximum absolute atomic E-state index is 12.8. The average Bonchev–Trinajstić information content (AvgIpc) is 2.81. The summed E-state index contributed by atoms with van der Waals surface area (Å²) in [6, 6.07) is 24.2. The van der Waals surface area contributed by atoms with Crippen molar-refractivity contribution in [2.75, 3.05) is 17.1 Å². The number of carbonyl (C=O) groups excluding carboxylic acids is 1. The first-order chi connectivity index (χ1) is 15.8. The van der Waals surface area contributed by atoms with Crippen molar-refractivity contribution in [3.05, 3.63) is 95.6 Å². The molecule has 0 unspecified atom stereocenters. The molecule has 1 amide bonds. The number of rotatable bonds is 10. The first-order valence-electron chi connectivity index (χ1n) is 10.9. The average molecular weight is 467 g/mol. The minimum Gasteiger partial charge on any atom is -0.489 e. The summed E-state index contributed by atoms with van der Waals surface area (Å²) in [4.78, 5) is 12.8. The lowest BCUT2D eigenvalue weighted by Gasteiger charge is -2.24. The molecule has 1 atom stereocenters. The van der Waals surface area contributed by atoms with E-state index in [4.69, 9.17) is 4.74 Å². The highest BCUT2D eigenvalue weighted by molar-refractivity contribution is 7.92. The molecule has 0 radical (unpaired) electrons. The molecule has 1 N–H and O–H groups in total. The highest BCUT2D eigenvalue weighted by Crippen LogP contribution is 2.23. The van der Waals surface area contributed by atoms with Crippen LogP contribution in [0.15, 0.2) is 78.9 Å². The second-order valence-corrected chi connectivity index (χ2v) is 9.88. The second-order valence-electron chi connectivity index (χ2n) is 7.98. The summed E-state index contributed by atoms with van der Waals surface area (Å²) >= 11 is 0. The molecule has 3 aromatic carbocycles. The van der Waals surface area contributed by atoms with E-state index in [0.717, 1.165) is 27.3 Å². The molecule has 174 valence electrons. The summed E-state index contributed by atoms with van der Waals surface area (Å²) in [5.41, 5.74) is 3.57. The molecular weight excluding hydrogens is 436 g/mol. The van der Waals surface area contributed by atoms with Crippen molar-refractivity contribution in [1.29, 1.82) is 0 Å². The number of amides is 1. The van der Waals surface area contributed by atoms with Gasteiger partial charge in [-0.05, 0) is 48.7 Å². The zero-order chi connectivity index (χ0) is 23.8. The number of hydrogen-bond acceptors (Lipinski definition) is 4. The fourth-order valence-electron chi connectivity index (χ4n) is 3.44. The molecule has 33 heavy (non-hydrogen) atoms. The van der Waals surface area contributed by atoms with Gasteiger partial charge in [-0.25, -0.2) is 8.42 Å². The van der Waals surface area contributed by atoms with Crippen LogP contribution in [0.5, 0.6) is 5.75 Å². The van der Waals surface area contributed by atoms with Crippen LogP contribution in [0.4, 0.5) is 5.69 Å². The Kier molecular flexibility index (Phi) is 8.11. The van der Waals surface area contributed by atoms with E-state index in [1.54, 1.807) is 24.3 Å². The predicted octanol–water partition coefficient (Wildman–Crippen LogP) is 4.61. The normalized spacial score (nSPS) is 12.1. The quantitative estimate of drug-likeness (QED) is 0.474. The van der Waals surface area contributed by atoms with Crippen LogP contribution in [0.2, 0.25) is 0 Å². The predicted molar refractivity (Wildman–Crippen MR) is 132 cm³/mol. The Bertz CT molecular complexity index is 1150. The Morgan fingerprint density at radius 1 is 0.970 bits per heavy atom. The van der Waals surface area contributed by atoms with Crippen LogP contribution in [0, 0.1) is 6.92 Å². The largest absolute Gasteiger partial charge is 0.489 e. The number of anilines is 1. The van der Waals surface area contributed by atoms with Crippen molar-refractivity contribution >= 4 is 21.6 Å². The highest BCUT2D eigenvalue weighted by atomic mass is 32.2. The van der Waals surface area contributed by atoms with Gasteiger partial charge in [-0.1, -0.05) is 67.1 Å². The van der Waals surface area contributed by atoms with Gasteiger partial charge < -0.3 is 10.1 Å². The molecule has 0 spiro atoms. The van der Waals surface area contributed by atoms with E-state index in [-0.39, 0.29) is 18.5 Å². The monoisotopic (exact) mass is 466 g/mol. The molecule has 0 saturated carbocycles. The van der Waals surface area contributed by atoms with Gasteiger partial charge in [0.15, 0.2) is 0 Å². The minimum absolute atomic E-state index is 0.187. The van der Waals surface area contributed by atoms with E-state index in [1.807, 2.05) is 68.4 Å². The number of hydrogen-bond donors (Lipinski definition) is 1. The van der Waals surface area contributed by atoms with Crippen molar-refractivity contribution < 1.29 is 17.9 Å². The van der Waals surface area contributed by atoms with E-state index in [2.05, 4.69) is 5.32 Å². The topological polar surface area (TPSA) is 75.7 Å². The summed E-state index contributed by atoms with van der Waals surface area (Å²) in [5.74, 6) is 0.253. The summed E-state index contributed by atoms with van der Waals surface area (Å²) in [6.45, 7) is 4.10. The molecule has 0 fully saturated rings. The SMILES string of the molecule is CC[C@@H](NC(=O)CN(c1ccc(OCc2ccccc2)cc1)S(C)(=O)=O)c1ccc(C)cc1. The smallest absolute Gasteiger partial charge is 0.241 e. The van der Waals surface area contributed by atoms with Crippen LogP contribution in [-0.4, -0.2) is 27.1 Å². The van der Waals surface area contributed by atoms with Gasteiger partial charge in [0.25, 0.3) is 0 Å². The van der Waals surface area contributed by atoms with Crippen molar-refractivity contribution in [3.8, 4) is 5.75 Å². The summed E-state index contributed by atoms with van der Waals surface area (Å²) < 4.78 is 31.8. The first-order valence-corrected chi connectivity index (χ1v) is 12.7. The van der Waals surface area contributed by atoms with Crippen LogP contribution in [0.1, 0.15) is 36.1 Å². The number of nitrogens with zero attached hydrogens (tertiary/aromatic N) is 1. The van der Waals surface area contributed by atoms with E-state index in [9.17, 15) is 13.2 Å². The Morgan fingerprint density at radius 3 is 2.18 bits per heavy atom. The summed E-state index contributed by atoms with van der Waals surface area (Å²) in [6.07, 6.45) is 1.79. The Hall–Kier alpha value is -3.32. The number of benzene rings is 3. The third kappa shape index (κ3) is 7.08. The fraction of sp³-hybridized carbons (Fsp3) is 0.269. The van der Waals surface area contributed by atoms with Crippen LogP contribution in [-0.2, 0) is 21.4 Å². The molecular formula is C26H30N2O4S. The first kappa shape index (κ1) is 24.3. The minimum atomic E-state index is -3.66. The van der Waals surface area contributed by atoms with Gasteiger partial charge in [0.05, 0.1) is 18.0 Å². The lowest BCUT2D eigenvalue weighted by molar-refractivity contribution is -0.120. The lowest BCUT2D eigenvalue weighted by atomic mass is 10.0. The van der Waals surface area contributed by atoms with E-state index in [1.165, 1.54) is 0 Å². The van der Waals surface area contributed by atoms with Gasteiger partial charge in [-0.15, -0.1) is 0 Å². The van der Waals surface area contributed by atoms with Gasteiger partial charge in [-0.3, -0.25) is 9.10 Å². The third-order valence-electron chi connectivity index (χ3n) is 5.28. The lowest BCUT2D eigenvalue weighted by Crippen LogP contribution is -2.41. The van der Waals surface area contributed by atoms with Crippen molar-refractivity contribution in [2.24, 2.45) is 0 Å². The molecule has 3 aromatic rings. The van der Waals surface area contributed by atoms with E-state index in [0.29, 0.717) is 24.5 Å². The number of aryl methyl sites for hydroxylation is 1. The molecule has 0 heterocycles. The van der Waals surface area contributed by atoms with Crippen molar-refractivity contribution in [2.45, 2.75) is 32.9 Å². The number of ether oxygens (including phenoxy) is 1. The van der Waals surface area contributed by atoms with Crippen LogP contribution < -0.4 is 14.4 Å². The zero-order valence-electron chi connectivity index (χ0n) is 19.2. The molecule has 6 nitrogen and oxygen atoms in total. The summed E-state index contributed by atoms with van der Waals surface area (Å²) in [5, 5.41) is 2.95. The van der Waals surface area contributed by atoms with Gasteiger partial charge >= 0.3 is 0 Å². The van der Waals surface area contributed by atoms with Gasteiger partial charge in [0.2, 0.25) is 15.9 Å². The number of carbonyl (C=O) groups is 1. The highest BCUT2D eigenvalue weighted by Gasteiger charge is 2.22. The molecule has 0 aliphatic heterocycles. The zero-order valence-corrected chi connectivity index (χ0v) is 20.0. The molecule has 0 bridgehead atoms. The molecule has 7 heteroatoms. The second kappa shape index (κ2) is 11.0. The number of sulfonamides is 1. The molecule has 0 aliphatic rings. The standard InChI is InChI=1S/C26H30N2O4S/c1-4-25(22-12-10-20(2)11-13-22)27-26(29)18-28(33(3,30)31)23-14-16-24(17-15-23)32-19-21-8-6-5-7-9-21/h5-17,25H,4,18-19H2,1-3H3,(H,27,29)/t25-/m1/s1. The van der Waals surface area contributed by atoms with Gasteiger partial charge in [0.1, 0.15) is 18.9 Å². The van der Waals surface area contributed by atoms with Gasteiger partial charge in [-0.2, -0.15) is 0 Å². The third-order valence-corrected chi connectivity index (χ3v) is 6.42. The molecule has 0 aliphatic carbocycles. The Labute approximate surface area is 196 Å². The number of nitrogens with one attached hydrogen (secondary N) is 1. The molecule has 3 rings (SSSR count). The van der Waals surface area contributed by atoms with Crippen molar-refractivity contribution in [1.82, 2.24) is 5.32 Å². The van der Waals surface area contributed by atoms with Crippen LogP contribution in [0.3, 0.4) is 0 Å². The maximum atomic E-state index is 12.8. The van der Waals surface area contributed by atoms with Gasteiger partial charge in [0, 0.05) is 0 Å². The molecule has 0 aromatic heterocycles. The summed E-state index contributed by atoms with van der Waals surface area (Å²) in [7, 11) is -3.66. The van der Waals surface area contributed by atoms with E-state index >= 15 is 0 Å². The van der Waals surface area contributed by atoms with Crippen molar-refractivity contribution in [3.63, 3.8) is 0 Å². The molecule has 0 saturated heterocycles. The Morgan fingerprint density at radius 2 is 1.61 bits per heavy atom. The van der Waals surface area contributed by atoms with Crippen LogP contribution >= 0.6 is 0 Å². The van der Waals surface area contributed by atoms with E-state index < -0.39 is 10.0 Å². The fourth-order valence-corrected chi connectivity index (χ4v) is 4.30.